The lowest BCUT2D eigenvalue weighted by Crippen LogP contribution is -2.30. The minimum atomic E-state index is -0.0249. The lowest BCUT2D eigenvalue weighted by molar-refractivity contribution is -0.114. The van der Waals surface area contributed by atoms with Crippen LogP contribution in [0.3, 0.4) is 0 Å². The molecule has 2 N–H and O–H groups in total. The van der Waals surface area contributed by atoms with Gasteiger partial charge < -0.3 is 10.6 Å². The average Bonchev–Trinajstić information content (AvgIpc) is 2.38. The van der Waals surface area contributed by atoms with E-state index in [0.29, 0.717) is 6.04 Å². The van der Waals surface area contributed by atoms with Crippen molar-refractivity contribution in [2.75, 3.05) is 5.32 Å². The number of hydrogen-bond acceptors (Lipinski definition) is 2. The Balaban J connectivity index is 1.80. The van der Waals surface area contributed by atoms with Crippen molar-refractivity contribution in [2.24, 2.45) is 0 Å². The SMILES string of the molecule is CC(=O)Nc1ccc(CNC2CCCCC2)cc1. The number of carbonyl (C=O) groups excluding carboxylic acids is 1. The van der Waals surface area contributed by atoms with Gasteiger partial charge in [0.05, 0.1) is 0 Å². The maximum Gasteiger partial charge on any atom is 0.221 e. The second kappa shape index (κ2) is 6.55. The molecule has 98 valence electrons. The predicted molar refractivity (Wildman–Crippen MR) is 74.5 cm³/mol. The first-order chi connectivity index (χ1) is 8.74. The second-order valence-electron chi connectivity index (χ2n) is 5.09. The number of hydrogen-bond donors (Lipinski definition) is 2. The molecular weight excluding hydrogens is 224 g/mol. The summed E-state index contributed by atoms with van der Waals surface area (Å²) >= 11 is 0. The van der Waals surface area contributed by atoms with E-state index in [1.54, 1.807) is 0 Å². The van der Waals surface area contributed by atoms with Gasteiger partial charge in [-0.1, -0.05) is 31.4 Å². The van der Waals surface area contributed by atoms with E-state index in [1.165, 1.54) is 44.6 Å². The highest BCUT2D eigenvalue weighted by Gasteiger charge is 2.12. The summed E-state index contributed by atoms with van der Waals surface area (Å²) < 4.78 is 0. The molecule has 0 aromatic heterocycles. The highest BCUT2D eigenvalue weighted by molar-refractivity contribution is 5.88. The van der Waals surface area contributed by atoms with Crippen molar-refractivity contribution in [3.05, 3.63) is 29.8 Å². The van der Waals surface area contributed by atoms with Crippen LogP contribution >= 0.6 is 0 Å². The normalized spacial score (nSPS) is 16.5. The van der Waals surface area contributed by atoms with E-state index in [-0.39, 0.29) is 5.91 Å². The van der Waals surface area contributed by atoms with Gasteiger partial charge in [-0.25, -0.2) is 0 Å². The molecule has 3 heteroatoms. The zero-order chi connectivity index (χ0) is 12.8. The number of anilines is 1. The molecule has 0 atom stereocenters. The standard InChI is InChI=1S/C15H22N2O/c1-12(18)17-15-9-7-13(8-10-15)11-16-14-5-3-2-4-6-14/h7-10,14,16H,2-6,11H2,1H3,(H,17,18). The molecule has 0 radical (unpaired) electrons. The van der Waals surface area contributed by atoms with Crippen LogP contribution < -0.4 is 10.6 Å². The van der Waals surface area contributed by atoms with Crippen LogP contribution in [0.25, 0.3) is 0 Å². The van der Waals surface area contributed by atoms with Crippen molar-refractivity contribution in [2.45, 2.75) is 51.6 Å². The predicted octanol–water partition coefficient (Wildman–Crippen LogP) is 3.07. The van der Waals surface area contributed by atoms with Crippen molar-refractivity contribution in [3.8, 4) is 0 Å². The largest absolute Gasteiger partial charge is 0.326 e. The highest BCUT2D eigenvalue weighted by atomic mass is 16.1. The molecule has 1 aromatic carbocycles. The second-order valence-corrected chi connectivity index (χ2v) is 5.09. The molecule has 0 saturated heterocycles. The maximum absolute atomic E-state index is 10.9. The van der Waals surface area contributed by atoms with Crippen molar-refractivity contribution in [1.29, 1.82) is 0 Å². The average molecular weight is 246 g/mol. The van der Waals surface area contributed by atoms with E-state index in [1.807, 2.05) is 12.1 Å². The molecule has 0 aliphatic heterocycles. The van der Waals surface area contributed by atoms with Gasteiger partial charge in [0.15, 0.2) is 0 Å². The van der Waals surface area contributed by atoms with Crippen LogP contribution in [0.4, 0.5) is 5.69 Å². The first kappa shape index (κ1) is 13.1. The third kappa shape index (κ3) is 4.15. The summed E-state index contributed by atoms with van der Waals surface area (Å²) in [5.41, 5.74) is 2.14. The Morgan fingerprint density at radius 2 is 1.83 bits per heavy atom. The Hall–Kier alpha value is -1.35. The molecule has 1 aliphatic carbocycles. The molecule has 2 rings (SSSR count). The monoisotopic (exact) mass is 246 g/mol. The number of benzene rings is 1. The molecule has 0 heterocycles. The molecule has 1 aromatic rings. The van der Waals surface area contributed by atoms with Crippen LogP contribution in [0.15, 0.2) is 24.3 Å². The molecule has 0 bridgehead atoms. The van der Waals surface area contributed by atoms with Crippen LogP contribution in [0.5, 0.6) is 0 Å². The molecule has 18 heavy (non-hydrogen) atoms. The molecule has 3 nitrogen and oxygen atoms in total. The number of amides is 1. The molecule has 1 amide bonds. The number of nitrogens with one attached hydrogen (secondary N) is 2. The number of carbonyl (C=O) groups is 1. The fourth-order valence-corrected chi connectivity index (χ4v) is 2.48. The summed E-state index contributed by atoms with van der Waals surface area (Å²) in [5.74, 6) is -0.0249. The molecule has 0 unspecified atom stereocenters. The van der Waals surface area contributed by atoms with Gasteiger partial charge >= 0.3 is 0 Å². The first-order valence-corrected chi connectivity index (χ1v) is 6.84. The summed E-state index contributed by atoms with van der Waals surface area (Å²) in [6, 6.07) is 8.74. The zero-order valence-electron chi connectivity index (χ0n) is 11.0. The maximum atomic E-state index is 10.9. The van der Waals surface area contributed by atoms with E-state index >= 15 is 0 Å². The highest BCUT2D eigenvalue weighted by Crippen LogP contribution is 2.18. The Morgan fingerprint density at radius 3 is 2.44 bits per heavy atom. The summed E-state index contributed by atoms with van der Waals surface area (Å²) in [6.07, 6.45) is 6.73. The lowest BCUT2D eigenvalue weighted by atomic mass is 9.95. The molecule has 1 fully saturated rings. The topological polar surface area (TPSA) is 41.1 Å². The van der Waals surface area contributed by atoms with E-state index < -0.39 is 0 Å². The third-order valence-corrected chi connectivity index (χ3v) is 3.47. The summed E-state index contributed by atoms with van der Waals surface area (Å²) in [4.78, 5) is 10.9. The molecule has 0 spiro atoms. The van der Waals surface area contributed by atoms with Crippen molar-refractivity contribution in [1.82, 2.24) is 5.32 Å². The Bertz CT molecular complexity index is 380. The van der Waals surface area contributed by atoms with E-state index in [0.717, 1.165) is 12.2 Å². The molecular formula is C15H22N2O. The van der Waals surface area contributed by atoms with Gasteiger partial charge in [0.1, 0.15) is 0 Å². The van der Waals surface area contributed by atoms with Crippen LogP contribution in [0.1, 0.15) is 44.6 Å². The van der Waals surface area contributed by atoms with Gasteiger partial charge in [-0.2, -0.15) is 0 Å². The van der Waals surface area contributed by atoms with E-state index in [9.17, 15) is 4.79 Å². The minimum Gasteiger partial charge on any atom is -0.326 e. The smallest absolute Gasteiger partial charge is 0.221 e. The fourth-order valence-electron chi connectivity index (χ4n) is 2.48. The van der Waals surface area contributed by atoms with Gasteiger partial charge in [0, 0.05) is 25.2 Å². The van der Waals surface area contributed by atoms with Crippen LogP contribution in [0, 0.1) is 0 Å². The Labute approximate surface area is 109 Å². The van der Waals surface area contributed by atoms with Gasteiger partial charge in [-0.3, -0.25) is 4.79 Å². The zero-order valence-corrected chi connectivity index (χ0v) is 11.0. The number of rotatable bonds is 4. The van der Waals surface area contributed by atoms with E-state index in [2.05, 4.69) is 22.8 Å². The summed E-state index contributed by atoms with van der Waals surface area (Å²) in [5, 5.41) is 6.39. The van der Waals surface area contributed by atoms with Crippen molar-refractivity contribution in [3.63, 3.8) is 0 Å². The summed E-state index contributed by atoms with van der Waals surface area (Å²) in [7, 11) is 0. The van der Waals surface area contributed by atoms with Crippen LogP contribution in [-0.2, 0) is 11.3 Å². The van der Waals surface area contributed by atoms with Gasteiger partial charge in [0.25, 0.3) is 0 Å². The van der Waals surface area contributed by atoms with Crippen LogP contribution in [-0.4, -0.2) is 11.9 Å². The third-order valence-electron chi connectivity index (χ3n) is 3.47. The van der Waals surface area contributed by atoms with E-state index in [4.69, 9.17) is 0 Å². The first-order valence-electron chi connectivity index (χ1n) is 6.84. The molecule has 1 aliphatic rings. The quantitative estimate of drug-likeness (QED) is 0.857. The summed E-state index contributed by atoms with van der Waals surface area (Å²) in [6.45, 7) is 2.45. The molecule has 1 saturated carbocycles. The lowest BCUT2D eigenvalue weighted by Gasteiger charge is -2.22. The van der Waals surface area contributed by atoms with Gasteiger partial charge in [-0.05, 0) is 30.5 Å². The van der Waals surface area contributed by atoms with Gasteiger partial charge in [-0.15, -0.1) is 0 Å². The Morgan fingerprint density at radius 1 is 1.17 bits per heavy atom. The van der Waals surface area contributed by atoms with Crippen LogP contribution in [0.2, 0.25) is 0 Å². The Kier molecular flexibility index (Phi) is 4.76. The van der Waals surface area contributed by atoms with Crippen molar-refractivity contribution < 1.29 is 4.79 Å². The van der Waals surface area contributed by atoms with Crippen molar-refractivity contribution >= 4 is 11.6 Å². The fraction of sp³-hybridized carbons (Fsp3) is 0.533. The van der Waals surface area contributed by atoms with Gasteiger partial charge in [0.2, 0.25) is 5.91 Å². The minimum absolute atomic E-state index is 0.0249.